The molecule has 0 aliphatic rings. The average Bonchev–Trinajstić information content (AvgIpc) is 2.82. The van der Waals surface area contributed by atoms with Crippen LogP contribution in [0.5, 0.6) is 0 Å². The smallest absolute Gasteiger partial charge is 0.289 e. The van der Waals surface area contributed by atoms with Crippen LogP contribution in [0.25, 0.3) is 0 Å². The van der Waals surface area contributed by atoms with Gasteiger partial charge < -0.3 is 15.1 Å². The largest absolute Gasteiger partial charge is 0.436 e. The third-order valence-electron chi connectivity index (χ3n) is 3.10. The summed E-state index contributed by atoms with van der Waals surface area (Å²) in [6.45, 7) is 7.04. The lowest BCUT2D eigenvalue weighted by molar-refractivity contribution is 0.0921. The molecule has 5 heteroatoms. The van der Waals surface area contributed by atoms with Crippen molar-refractivity contribution in [3.63, 3.8) is 0 Å². The number of nitrogens with one attached hydrogen (secondary N) is 2. The normalized spacial score (nSPS) is 10.4. The Hall–Kier alpha value is -2.30. The van der Waals surface area contributed by atoms with E-state index in [2.05, 4.69) is 22.5 Å². The minimum absolute atomic E-state index is 0.235. The minimum Gasteiger partial charge on any atom is -0.436 e. The Morgan fingerprint density at radius 2 is 1.95 bits per heavy atom. The van der Waals surface area contributed by atoms with Crippen molar-refractivity contribution in [1.82, 2.24) is 10.3 Å². The summed E-state index contributed by atoms with van der Waals surface area (Å²) in [4.78, 5) is 16.1. The molecule has 112 valence electrons. The maximum absolute atomic E-state index is 12.0. The first kappa shape index (κ1) is 15.1. The number of nitrogens with zero attached hydrogens (tertiary/aromatic N) is 1. The van der Waals surface area contributed by atoms with Crippen molar-refractivity contribution < 1.29 is 9.21 Å². The number of aromatic nitrogens is 1. The van der Waals surface area contributed by atoms with Crippen LogP contribution in [0.4, 0.5) is 5.69 Å². The first-order valence-electron chi connectivity index (χ1n) is 7.15. The van der Waals surface area contributed by atoms with Gasteiger partial charge in [0.25, 0.3) is 5.91 Å². The Morgan fingerprint density at radius 3 is 2.52 bits per heavy atom. The van der Waals surface area contributed by atoms with Gasteiger partial charge in [0.2, 0.25) is 5.76 Å². The number of hydrogen-bond donors (Lipinski definition) is 2. The number of rotatable bonds is 6. The van der Waals surface area contributed by atoms with Crippen LogP contribution in [0.3, 0.4) is 0 Å². The number of benzene rings is 1. The van der Waals surface area contributed by atoms with Gasteiger partial charge in [-0.05, 0) is 31.0 Å². The van der Waals surface area contributed by atoms with Crippen LogP contribution in [0, 0.1) is 13.8 Å². The molecule has 0 saturated carbocycles. The van der Waals surface area contributed by atoms with Crippen molar-refractivity contribution in [1.29, 1.82) is 0 Å². The van der Waals surface area contributed by atoms with Crippen molar-refractivity contribution in [3.05, 3.63) is 47.2 Å². The molecular formula is C16H21N3O2. The van der Waals surface area contributed by atoms with Gasteiger partial charge in [0.1, 0.15) is 0 Å². The lowest BCUT2D eigenvalue weighted by Crippen LogP contribution is -2.23. The van der Waals surface area contributed by atoms with Crippen molar-refractivity contribution in [2.45, 2.75) is 33.7 Å². The minimum atomic E-state index is -0.235. The molecular weight excluding hydrogens is 266 g/mol. The number of anilines is 1. The van der Waals surface area contributed by atoms with E-state index in [-0.39, 0.29) is 11.7 Å². The fourth-order valence-electron chi connectivity index (χ4n) is 2.01. The number of hydrogen-bond acceptors (Lipinski definition) is 4. The van der Waals surface area contributed by atoms with E-state index in [1.807, 2.05) is 24.3 Å². The number of aryl methyl sites for hydroxylation is 2. The standard InChI is InChI=1S/C16H21N3O2/c1-4-9-17-14-7-5-13(6-8-14)10-18-16(20)15-11(2)19-12(3)21-15/h5-8,17H,4,9-10H2,1-3H3,(H,18,20). The van der Waals surface area contributed by atoms with Crippen molar-refractivity contribution in [3.8, 4) is 0 Å². The molecule has 0 unspecified atom stereocenters. The van der Waals surface area contributed by atoms with Gasteiger partial charge in [-0.1, -0.05) is 19.1 Å². The molecule has 1 aromatic heterocycles. The highest BCUT2D eigenvalue weighted by Gasteiger charge is 2.15. The summed E-state index contributed by atoms with van der Waals surface area (Å²) in [5.74, 6) is 0.555. The first-order valence-corrected chi connectivity index (χ1v) is 7.15. The van der Waals surface area contributed by atoms with Crippen molar-refractivity contribution in [2.24, 2.45) is 0 Å². The van der Waals surface area contributed by atoms with E-state index in [9.17, 15) is 4.79 Å². The van der Waals surface area contributed by atoms with Crippen LogP contribution in [-0.4, -0.2) is 17.4 Å². The molecule has 2 N–H and O–H groups in total. The molecule has 0 aliphatic heterocycles. The van der Waals surface area contributed by atoms with E-state index >= 15 is 0 Å². The second-order valence-electron chi connectivity index (χ2n) is 4.95. The van der Waals surface area contributed by atoms with Crippen LogP contribution in [0.2, 0.25) is 0 Å². The van der Waals surface area contributed by atoms with Gasteiger partial charge in [-0.15, -0.1) is 0 Å². The van der Waals surface area contributed by atoms with Gasteiger partial charge >= 0.3 is 0 Å². The summed E-state index contributed by atoms with van der Waals surface area (Å²) >= 11 is 0. The molecule has 0 bridgehead atoms. The molecule has 21 heavy (non-hydrogen) atoms. The van der Waals surface area contributed by atoms with Crippen LogP contribution in [-0.2, 0) is 6.54 Å². The van der Waals surface area contributed by atoms with E-state index in [1.54, 1.807) is 13.8 Å². The van der Waals surface area contributed by atoms with Gasteiger partial charge in [0, 0.05) is 25.7 Å². The van der Waals surface area contributed by atoms with Gasteiger partial charge in [-0.25, -0.2) is 4.98 Å². The monoisotopic (exact) mass is 287 g/mol. The molecule has 1 aromatic carbocycles. The number of carbonyl (C=O) groups is 1. The summed E-state index contributed by atoms with van der Waals surface area (Å²) in [5.41, 5.74) is 2.75. The van der Waals surface area contributed by atoms with E-state index < -0.39 is 0 Å². The number of amides is 1. The highest BCUT2D eigenvalue weighted by molar-refractivity contribution is 5.92. The first-order chi connectivity index (χ1) is 10.1. The number of carbonyl (C=O) groups excluding carboxylic acids is 1. The van der Waals surface area contributed by atoms with Crippen LogP contribution >= 0.6 is 0 Å². The molecule has 0 radical (unpaired) electrons. The highest BCUT2D eigenvalue weighted by Crippen LogP contribution is 2.11. The lowest BCUT2D eigenvalue weighted by atomic mass is 10.2. The zero-order valence-electron chi connectivity index (χ0n) is 12.7. The molecule has 0 atom stereocenters. The molecule has 2 rings (SSSR count). The summed E-state index contributed by atoms with van der Waals surface area (Å²) in [6.07, 6.45) is 1.09. The molecule has 5 nitrogen and oxygen atoms in total. The molecule has 1 amide bonds. The fraction of sp³-hybridized carbons (Fsp3) is 0.375. The van der Waals surface area contributed by atoms with E-state index in [4.69, 9.17) is 4.42 Å². The Bertz CT molecular complexity index is 602. The topological polar surface area (TPSA) is 67.2 Å². The third kappa shape index (κ3) is 4.08. The average molecular weight is 287 g/mol. The molecule has 0 spiro atoms. The fourth-order valence-corrected chi connectivity index (χ4v) is 2.01. The van der Waals surface area contributed by atoms with E-state index in [0.717, 1.165) is 24.2 Å². The van der Waals surface area contributed by atoms with Gasteiger partial charge in [-0.2, -0.15) is 0 Å². The maximum atomic E-state index is 12.0. The Balaban J connectivity index is 1.90. The molecule has 0 saturated heterocycles. The van der Waals surface area contributed by atoms with Crippen molar-refractivity contribution >= 4 is 11.6 Å². The Morgan fingerprint density at radius 1 is 1.24 bits per heavy atom. The summed E-state index contributed by atoms with van der Waals surface area (Å²) in [7, 11) is 0. The summed E-state index contributed by atoms with van der Waals surface area (Å²) in [5, 5.41) is 6.15. The molecule has 0 fully saturated rings. The predicted molar refractivity (Wildman–Crippen MR) is 82.4 cm³/mol. The Labute approximate surface area is 124 Å². The van der Waals surface area contributed by atoms with Crippen LogP contribution in [0.15, 0.2) is 28.7 Å². The third-order valence-corrected chi connectivity index (χ3v) is 3.10. The maximum Gasteiger partial charge on any atom is 0.289 e. The highest BCUT2D eigenvalue weighted by atomic mass is 16.4. The Kier molecular flexibility index (Phi) is 4.98. The zero-order chi connectivity index (χ0) is 15.2. The van der Waals surface area contributed by atoms with Crippen LogP contribution in [0.1, 0.15) is 41.0 Å². The molecule has 2 aromatic rings. The second-order valence-corrected chi connectivity index (χ2v) is 4.95. The molecule has 1 heterocycles. The predicted octanol–water partition coefficient (Wildman–Crippen LogP) is 3.04. The van der Waals surface area contributed by atoms with Crippen molar-refractivity contribution in [2.75, 3.05) is 11.9 Å². The van der Waals surface area contributed by atoms with Gasteiger partial charge in [0.15, 0.2) is 5.89 Å². The van der Waals surface area contributed by atoms with Gasteiger partial charge in [-0.3, -0.25) is 4.79 Å². The summed E-state index contributed by atoms with van der Waals surface area (Å²) < 4.78 is 5.29. The summed E-state index contributed by atoms with van der Waals surface area (Å²) in [6, 6.07) is 8.02. The number of oxazole rings is 1. The SMILES string of the molecule is CCCNc1ccc(CNC(=O)c2oc(C)nc2C)cc1. The van der Waals surface area contributed by atoms with E-state index in [1.165, 1.54) is 0 Å². The van der Waals surface area contributed by atoms with Gasteiger partial charge in [0.05, 0.1) is 5.69 Å². The lowest BCUT2D eigenvalue weighted by Gasteiger charge is -2.07. The van der Waals surface area contributed by atoms with E-state index in [0.29, 0.717) is 18.1 Å². The van der Waals surface area contributed by atoms with Crippen LogP contribution < -0.4 is 10.6 Å². The second kappa shape index (κ2) is 6.92. The molecule has 0 aliphatic carbocycles. The zero-order valence-corrected chi connectivity index (χ0v) is 12.7. The quantitative estimate of drug-likeness (QED) is 0.857.